The summed E-state index contributed by atoms with van der Waals surface area (Å²) in [5, 5.41) is 2.11. The smallest absolute Gasteiger partial charge is 0.123 e. The van der Waals surface area contributed by atoms with E-state index in [4.69, 9.17) is 5.73 Å². The Hall–Kier alpha value is -1.41. The molecule has 2 aromatic carbocycles. The summed E-state index contributed by atoms with van der Waals surface area (Å²) in [6.07, 6.45) is 2.25. The van der Waals surface area contributed by atoms with Crippen LogP contribution in [0.25, 0.3) is 10.8 Å². The zero-order valence-corrected chi connectivity index (χ0v) is 9.04. The molecule has 0 aliphatic heterocycles. The zero-order chi connectivity index (χ0) is 11.2. The number of fused-ring (bicyclic) bond motifs is 1. The molecule has 16 heavy (non-hydrogen) atoms. The van der Waals surface area contributed by atoms with Gasteiger partial charge in [-0.1, -0.05) is 24.3 Å². The van der Waals surface area contributed by atoms with Gasteiger partial charge in [-0.15, -0.1) is 0 Å². The molecule has 0 bridgehead atoms. The van der Waals surface area contributed by atoms with Gasteiger partial charge in [0.15, 0.2) is 0 Å². The average molecular weight is 215 g/mol. The van der Waals surface area contributed by atoms with Crippen LogP contribution in [-0.4, -0.2) is 6.54 Å². The Balaban J connectivity index is 2.28. The van der Waals surface area contributed by atoms with Gasteiger partial charge >= 0.3 is 0 Å². The number of hydrogen-bond acceptors (Lipinski definition) is 1. The van der Waals surface area contributed by atoms with Crippen molar-refractivity contribution in [3.8, 4) is 0 Å². The highest BCUT2D eigenvalue weighted by atomic mass is 19.1. The third-order valence-electron chi connectivity index (χ3n) is 3.66. The highest BCUT2D eigenvalue weighted by molar-refractivity contribution is 5.87. The first-order chi connectivity index (χ1) is 7.75. The molecular weight excluding hydrogens is 201 g/mol. The molecule has 2 N–H and O–H groups in total. The maximum absolute atomic E-state index is 13.3. The van der Waals surface area contributed by atoms with Crippen LogP contribution in [0, 0.1) is 5.82 Å². The first kappa shape index (κ1) is 9.79. The zero-order valence-electron chi connectivity index (χ0n) is 9.04. The first-order valence-electron chi connectivity index (χ1n) is 5.64. The van der Waals surface area contributed by atoms with Crippen molar-refractivity contribution in [2.24, 2.45) is 5.73 Å². The van der Waals surface area contributed by atoms with Gasteiger partial charge < -0.3 is 5.73 Å². The minimum absolute atomic E-state index is 0.118. The Kier molecular flexibility index (Phi) is 2.01. The largest absolute Gasteiger partial charge is 0.330 e. The van der Waals surface area contributed by atoms with E-state index in [1.54, 1.807) is 6.07 Å². The van der Waals surface area contributed by atoms with Crippen LogP contribution in [0.1, 0.15) is 18.4 Å². The van der Waals surface area contributed by atoms with Crippen molar-refractivity contribution in [3.05, 3.63) is 47.8 Å². The molecule has 2 heteroatoms. The van der Waals surface area contributed by atoms with E-state index in [1.807, 2.05) is 18.2 Å². The van der Waals surface area contributed by atoms with Gasteiger partial charge in [0.2, 0.25) is 0 Å². The molecule has 82 valence electrons. The summed E-state index contributed by atoms with van der Waals surface area (Å²) in [6, 6.07) is 11.1. The van der Waals surface area contributed by atoms with Crippen LogP contribution in [0.2, 0.25) is 0 Å². The second kappa shape index (κ2) is 3.29. The fourth-order valence-corrected chi connectivity index (χ4v) is 2.44. The predicted molar refractivity (Wildman–Crippen MR) is 63.9 cm³/mol. The van der Waals surface area contributed by atoms with E-state index in [0.29, 0.717) is 6.54 Å². The molecule has 2 aromatic rings. The molecular formula is C14H14FN. The third kappa shape index (κ3) is 1.34. The maximum Gasteiger partial charge on any atom is 0.123 e. The van der Waals surface area contributed by atoms with E-state index in [-0.39, 0.29) is 11.2 Å². The van der Waals surface area contributed by atoms with E-state index in [1.165, 1.54) is 11.6 Å². The maximum atomic E-state index is 13.3. The van der Waals surface area contributed by atoms with Gasteiger partial charge in [-0.3, -0.25) is 0 Å². The quantitative estimate of drug-likeness (QED) is 0.818. The van der Waals surface area contributed by atoms with Gasteiger partial charge in [-0.05, 0) is 41.3 Å². The van der Waals surface area contributed by atoms with Gasteiger partial charge in [0.05, 0.1) is 0 Å². The highest BCUT2D eigenvalue weighted by Gasteiger charge is 2.43. The van der Waals surface area contributed by atoms with E-state index in [2.05, 4.69) is 6.07 Å². The van der Waals surface area contributed by atoms with Crippen molar-refractivity contribution in [2.75, 3.05) is 6.54 Å². The molecule has 1 fully saturated rings. The summed E-state index contributed by atoms with van der Waals surface area (Å²) in [4.78, 5) is 0. The highest BCUT2D eigenvalue weighted by Crippen LogP contribution is 2.49. The van der Waals surface area contributed by atoms with Gasteiger partial charge in [0.25, 0.3) is 0 Å². The molecule has 3 rings (SSSR count). The van der Waals surface area contributed by atoms with Crippen molar-refractivity contribution in [1.82, 2.24) is 0 Å². The van der Waals surface area contributed by atoms with E-state index < -0.39 is 0 Å². The molecule has 0 saturated heterocycles. The summed E-state index contributed by atoms with van der Waals surface area (Å²) in [6.45, 7) is 0.655. The van der Waals surface area contributed by atoms with Crippen molar-refractivity contribution in [2.45, 2.75) is 18.3 Å². The van der Waals surface area contributed by atoms with E-state index in [0.717, 1.165) is 23.6 Å². The number of halogens is 1. The van der Waals surface area contributed by atoms with Gasteiger partial charge in [-0.2, -0.15) is 0 Å². The monoisotopic (exact) mass is 215 g/mol. The average Bonchev–Trinajstić information content (AvgIpc) is 3.09. The lowest BCUT2D eigenvalue weighted by Gasteiger charge is -2.15. The molecule has 0 spiro atoms. The Labute approximate surface area is 94.1 Å². The Morgan fingerprint density at radius 1 is 1.19 bits per heavy atom. The number of benzene rings is 2. The van der Waals surface area contributed by atoms with Crippen LogP contribution in [-0.2, 0) is 5.41 Å². The second-order valence-corrected chi connectivity index (χ2v) is 4.66. The normalized spacial score (nSPS) is 17.6. The standard InChI is InChI=1S/C14H14FN/c15-11-5-4-10-2-1-3-13(12(10)8-11)14(9-16)6-7-14/h1-5,8H,6-7,9,16H2. The first-order valence-corrected chi connectivity index (χ1v) is 5.64. The summed E-state index contributed by atoms with van der Waals surface area (Å²) in [5.41, 5.74) is 7.17. The Bertz CT molecular complexity index is 543. The summed E-state index contributed by atoms with van der Waals surface area (Å²) in [5.74, 6) is -0.173. The number of hydrogen-bond donors (Lipinski definition) is 1. The molecule has 0 radical (unpaired) electrons. The minimum atomic E-state index is -0.173. The van der Waals surface area contributed by atoms with Crippen LogP contribution in [0.15, 0.2) is 36.4 Å². The molecule has 0 atom stereocenters. The Morgan fingerprint density at radius 3 is 2.69 bits per heavy atom. The van der Waals surface area contributed by atoms with Crippen molar-refractivity contribution < 1.29 is 4.39 Å². The molecule has 0 unspecified atom stereocenters. The van der Waals surface area contributed by atoms with Crippen LogP contribution >= 0.6 is 0 Å². The van der Waals surface area contributed by atoms with Crippen molar-refractivity contribution in [3.63, 3.8) is 0 Å². The van der Waals surface area contributed by atoms with Crippen molar-refractivity contribution in [1.29, 1.82) is 0 Å². The topological polar surface area (TPSA) is 26.0 Å². The third-order valence-corrected chi connectivity index (χ3v) is 3.66. The van der Waals surface area contributed by atoms with Crippen LogP contribution in [0.5, 0.6) is 0 Å². The second-order valence-electron chi connectivity index (χ2n) is 4.66. The molecule has 0 aromatic heterocycles. The van der Waals surface area contributed by atoms with Gasteiger partial charge in [-0.25, -0.2) is 4.39 Å². The predicted octanol–water partition coefficient (Wildman–Crippen LogP) is 2.97. The molecule has 0 heterocycles. The van der Waals surface area contributed by atoms with Crippen LogP contribution in [0.3, 0.4) is 0 Å². The molecule has 1 nitrogen and oxygen atoms in total. The lowest BCUT2D eigenvalue weighted by Crippen LogP contribution is -2.19. The van der Waals surface area contributed by atoms with Gasteiger partial charge in [0, 0.05) is 12.0 Å². The van der Waals surface area contributed by atoms with E-state index in [9.17, 15) is 4.39 Å². The summed E-state index contributed by atoms with van der Waals surface area (Å²) >= 11 is 0. The summed E-state index contributed by atoms with van der Waals surface area (Å²) < 4.78 is 13.3. The molecule has 1 aliphatic rings. The lowest BCUT2D eigenvalue weighted by molar-refractivity contribution is 0.629. The number of rotatable bonds is 2. The van der Waals surface area contributed by atoms with Crippen LogP contribution in [0.4, 0.5) is 4.39 Å². The molecule has 1 aliphatic carbocycles. The SMILES string of the molecule is NCC1(c2cccc3ccc(F)cc23)CC1. The van der Waals surface area contributed by atoms with E-state index >= 15 is 0 Å². The van der Waals surface area contributed by atoms with Crippen molar-refractivity contribution >= 4 is 10.8 Å². The number of nitrogens with two attached hydrogens (primary N) is 1. The fourth-order valence-electron chi connectivity index (χ4n) is 2.44. The van der Waals surface area contributed by atoms with Gasteiger partial charge in [0.1, 0.15) is 5.82 Å². The molecule has 0 amide bonds. The Morgan fingerprint density at radius 2 is 2.00 bits per heavy atom. The lowest BCUT2D eigenvalue weighted by atomic mass is 9.91. The fraction of sp³-hybridized carbons (Fsp3) is 0.286. The summed E-state index contributed by atoms with van der Waals surface area (Å²) in [7, 11) is 0. The molecule has 1 saturated carbocycles. The van der Waals surface area contributed by atoms with Crippen LogP contribution < -0.4 is 5.73 Å². The minimum Gasteiger partial charge on any atom is -0.330 e.